The zero-order valence-corrected chi connectivity index (χ0v) is 17.6. The molecule has 10 heteroatoms. The Labute approximate surface area is 174 Å². The van der Waals surface area contributed by atoms with Crippen molar-refractivity contribution in [3.63, 3.8) is 0 Å². The van der Waals surface area contributed by atoms with Gasteiger partial charge in [0.15, 0.2) is 0 Å². The number of methoxy groups -OCH3 is 2. The predicted molar refractivity (Wildman–Crippen MR) is 109 cm³/mol. The number of aliphatic hydroxyl groups excluding tert-OH is 1. The van der Waals surface area contributed by atoms with Crippen molar-refractivity contribution in [1.82, 2.24) is 10.0 Å². The number of carbonyl (C=O) groups is 1. The molecule has 0 radical (unpaired) electrons. The molecule has 1 amide bonds. The van der Waals surface area contributed by atoms with Crippen molar-refractivity contribution in [2.75, 3.05) is 27.3 Å². The summed E-state index contributed by atoms with van der Waals surface area (Å²) in [4.78, 5) is 12.0. The molecule has 0 saturated carbocycles. The number of nitrogens with one attached hydrogen (secondary N) is 2. The molecule has 0 aliphatic heterocycles. The number of ether oxygens (including phenoxy) is 2. The van der Waals surface area contributed by atoms with Crippen molar-refractivity contribution in [2.45, 2.75) is 17.4 Å². The zero-order valence-electron chi connectivity index (χ0n) is 16.0. The lowest BCUT2D eigenvalue weighted by Crippen LogP contribution is -2.33. The molecule has 29 heavy (non-hydrogen) atoms. The highest BCUT2D eigenvalue weighted by Crippen LogP contribution is 2.29. The molecule has 0 bridgehead atoms. The van der Waals surface area contributed by atoms with Gasteiger partial charge in [-0.25, -0.2) is 13.1 Å². The van der Waals surface area contributed by atoms with Crippen molar-refractivity contribution in [3.05, 3.63) is 53.1 Å². The van der Waals surface area contributed by atoms with Crippen LogP contribution in [0.1, 0.15) is 18.1 Å². The van der Waals surface area contributed by atoms with Gasteiger partial charge in [0.2, 0.25) is 15.9 Å². The number of hydrogen-bond donors (Lipinski definition) is 3. The molecule has 0 spiro atoms. The van der Waals surface area contributed by atoms with Crippen LogP contribution >= 0.6 is 11.6 Å². The minimum absolute atomic E-state index is 0.0531. The quantitative estimate of drug-likeness (QED) is 0.517. The van der Waals surface area contributed by atoms with Crippen LogP contribution in [0.3, 0.4) is 0 Å². The van der Waals surface area contributed by atoms with Gasteiger partial charge in [-0.2, -0.15) is 0 Å². The van der Waals surface area contributed by atoms with Crippen LogP contribution in [0.15, 0.2) is 47.4 Å². The molecule has 0 aliphatic carbocycles. The molecule has 2 rings (SSSR count). The summed E-state index contributed by atoms with van der Waals surface area (Å²) < 4.78 is 37.1. The third-order valence-electron chi connectivity index (χ3n) is 4.06. The molecular weight excluding hydrogens is 420 g/mol. The molecule has 3 N–H and O–H groups in total. The van der Waals surface area contributed by atoms with E-state index in [9.17, 15) is 18.3 Å². The largest absolute Gasteiger partial charge is 0.497 e. The van der Waals surface area contributed by atoms with Crippen molar-refractivity contribution >= 4 is 27.5 Å². The van der Waals surface area contributed by atoms with E-state index in [0.29, 0.717) is 17.1 Å². The van der Waals surface area contributed by atoms with E-state index in [4.69, 9.17) is 21.1 Å². The lowest BCUT2D eigenvalue weighted by molar-refractivity contribution is -0.121. The fourth-order valence-electron chi connectivity index (χ4n) is 2.55. The normalized spacial score (nSPS) is 12.3. The molecule has 0 saturated heterocycles. The highest BCUT2D eigenvalue weighted by atomic mass is 35.5. The average Bonchev–Trinajstić information content (AvgIpc) is 2.71. The van der Waals surface area contributed by atoms with Gasteiger partial charge in [-0.15, -0.1) is 0 Å². The van der Waals surface area contributed by atoms with Crippen LogP contribution in [-0.4, -0.2) is 46.7 Å². The number of halogens is 1. The molecule has 1 unspecified atom stereocenters. The van der Waals surface area contributed by atoms with E-state index < -0.39 is 22.0 Å². The van der Waals surface area contributed by atoms with E-state index in [0.717, 1.165) is 0 Å². The SMILES string of the molecule is COc1ccc(OC)c(C(O)CNC(=O)CCNS(=O)(=O)c2ccccc2Cl)c1. The van der Waals surface area contributed by atoms with E-state index >= 15 is 0 Å². The van der Waals surface area contributed by atoms with Crippen molar-refractivity contribution < 1.29 is 27.8 Å². The summed E-state index contributed by atoms with van der Waals surface area (Å²) in [5.74, 6) is 0.577. The molecule has 2 aromatic carbocycles. The molecule has 0 fully saturated rings. The first-order chi connectivity index (χ1) is 13.8. The van der Waals surface area contributed by atoms with Gasteiger partial charge in [-0.05, 0) is 30.3 Å². The fraction of sp³-hybridized carbons (Fsp3) is 0.316. The van der Waals surface area contributed by atoms with Crippen molar-refractivity contribution in [2.24, 2.45) is 0 Å². The van der Waals surface area contributed by atoms with Gasteiger partial charge in [-0.1, -0.05) is 23.7 Å². The average molecular weight is 443 g/mol. The lowest BCUT2D eigenvalue weighted by Gasteiger charge is -2.16. The number of rotatable bonds is 10. The number of carbonyl (C=O) groups excluding carboxylic acids is 1. The maximum Gasteiger partial charge on any atom is 0.242 e. The molecule has 2 aromatic rings. The molecular formula is C19H23ClN2O6S. The van der Waals surface area contributed by atoms with E-state index in [1.807, 2.05) is 0 Å². The van der Waals surface area contributed by atoms with Crippen LogP contribution < -0.4 is 19.5 Å². The van der Waals surface area contributed by atoms with Gasteiger partial charge in [0.25, 0.3) is 0 Å². The van der Waals surface area contributed by atoms with Crippen LogP contribution in [0.2, 0.25) is 5.02 Å². The monoisotopic (exact) mass is 442 g/mol. The van der Waals surface area contributed by atoms with E-state index in [1.54, 1.807) is 30.3 Å². The Kier molecular flexibility index (Phi) is 8.27. The van der Waals surface area contributed by atoms with Crippen LogP contribution in [0.25, 0.3) is 0 Å². The first-order valence-electron chi connectivity index (χ1n) is 8.69. The number of aliphatic hydroxyl groups is 1. The second kappa shape index (κ2) is 10.4. The number of sulfonamides is 1. The summed E-state index contributed by atoms with van der Waals surface area (Å²) in [6.07, 6.45) is -1.13. The second-order valence-corrected chi connectivity index (χ2v) is 8.15. The van der Waals surface area contributed by atoms with Crippen LogP contribution in [0.4, 0.5) is 0 Å². The summed E-state index contributed by atoms with van der Waals surface area (Å²) in [5.41, 5.74) is 0.464. The Morgan fingerprint density at radius 3 is 2.55 bits per heavy atom. The summed E-state index contributed by atoms with van der Waals surface area (Å²) >= 11 is 5.89. The Morgan fingerprint density at radius 2 is 1.90 bits per heavy atom. The maximum atomic E-state index is 12.2. The van der Waals surface area contributed by atoms with Gasteiger partial charge in [-0.3, -0.25) is 4.79 Å². The Morgan fingerprint density at radius 1 is 1.17 bits per heavy atom. The summed E-state index contributed by atoms with van der Waals surface area (Å²) in [5, 5.41) is 13.0. The van der Waals surface area contributed by atoms with Gasteiger partial charge < -0.3 is 19.9 Å². The van der Waals surface area contributed by atoms with Crippen LogP contribution in [0.5, 0.6) is 11.5 Å². The van der Waals surface area contributed by atoms with E-state index in [2.05, 4.69) is 10.0 Å². The van der Waals surface area contributed by atoms with Crippen LogP contribution in [0, 0.1) is 0 Å². The topological polar surface area (TPSA) is 114 Å². The van der Waals surface area contributed by atoms with Crippen molar-refractivity contribution in [1.29, 1.82) is 0 Å². The van der Waals surface area contributed by atoms with Crippen molar-refractivity contribution in [3.8, 4) is 11.5 Å². The minimum Gasteiger partial charge on any atom is -0.497 e. The lowest BCUT2D eigenvalue weighted by atomic mass is 10.1. The molecule has 0 aromatic heterocycles. The molecule has 0 heterocycles. The Bertz CT molecular complexity index is 951. The fourth-order valence-corrected chi connectivity index (χ4v) is 4.10. The van der Waals surface area contributed by atoms with Gasteiger partial charge in [0.05, 0.1) is 25.3 Å². The predicted octanol–water partition coefficient (Wildman–Crippen LogP) is 1.88. The van der Waals surface area contributed by atoms with Crippen LogP contribution in [-0.2, 0) is 14.8 Å². The number of hydrogen-bond acceptors (Lipinski definition) is 6. The minimum atomic E-state index is -3.82. The first-order valence-corrected chi connectivity index (χ1v) is 10.6. The third-order valence-corrected chi connectivity index (χ3v) is 6.02. The third kappa shape index (κ3) is 6.33. The summed E-state index contributed by atoms with van der Waals surface area (Å²) in [6, 6.07) is 11.0. The molecule has 8 nitrogen and oxygen atoms in total. The highest BCUT2D eigenvalue weighted by Gasteiger charge is 2.18. The molecule has 158 valence electrons. The van der Waals surface area contributed by atoms with E-state index in [-0.39, 0.29) is 29.4 Å². The standard InChI is InChI=1S/C19H23ClN2O6S/c1-27-13-7-8-17(28-2)14(11-13)16(23)12-21-19(24)9-10-22-29(25,26)18-6-4-3-5-15(18)20/h3-8,11,16,22-23H,9-10,12H2,1-2H3,(H,21,24). The zero-order chi connectivity index (χ0) is 21.4. The van der Waals surface area contributed by atoms with E-state index in [1.165, 1.54) is 26.4 Å². The Balaban J connectivity index is 1.87. The second-order valence-electron chi connectivity index (χ2n) is 6.01. The van der Waals surface area contributed by atoms with Gasteiger partial charge in [0, 0.05) is 25.1 Å². The highest BCUT2D eigenvalue weighted by molar-refractivity contribution is 7.89. The molecule has 0 aliphatic rings. The molecule has 1 atom stereocenters. The Hall–Kier alpha value is -2.33. The number of benzene rings is 2. The first kappa shape index (κ1) is 23.0. The number of amides is 1. The van der Waals surface area contributed by atoms with Gasteiger partial charge >= 0.3 is 0 Å². The maximum absolute atomic E-state index is 12.2. The summed E-state index contributed by atoms with van der Waals surface area (Å²) in [7, 11) is -0.842. The smallest absolute Gasteiger partial charge is 0.242 e. The van der Waals surface area contributed by atoms with Gasteiger partial charge in [0.1, 0.15) is 16.4 Å². The summed E-state index contributed by atoms with van der Waals surface area (Å²) in [6.45, 7) is -0.183.